The zero-order valence-corrected chi connectivity index (χ0v) is 21.7. The topological polar surface area (TPSA) is 88.3 Å². The van der Waals surface area contributed by atoms with Gasteiger partial charge in [-0.05, 0) is 65.9 Å². The normalized spacial score (nSPS) is 22.7. The molecule has 2 aromatic heterocycles. The van der Waals surface area contributed by atoms with Crippen LogP contribution in [0.2, 0.25) is 0 Å². The highest BCUT2D eigenvalue weighted by atomic mass is 32.1. The average molecular weight is 535 g/mol. The molecule has 1 saturated carbocycles. The molecule has 0 N–H and O–H groups in total. The highest BCUT2D eigenvalue weighted by Crippen LogP contribution is 2.46. The van der Waals surface area contributed by atoms with Crippen molar-refractivity contribution in [2.45, 2.75) is 25.3 Å². The van der Waals surface area contributed by atoms with E-state index in [2.05, 4.69) is 23.6 Å². The van der Waals surface area contributed by atoms with Gasteiger partial charge >= 0.3 is 0 Å². The predicted molar refractivity (Wildman–Crippen MR) is 146 cm³/mol. The van der Waals surface area contributed by atoms with E-state index in [4.69, 9.17) is 9.84 Å². The third-order valence-electron chi connectivity index (χ3n) is 7.17. The van der Waals surface area contributed by atoms with Gasteiger partial charge in [0.1, 0.15) is 5.69 Å². The standard InChI is InChI=1S/C27H26N4O4S2/c32-27(19-8-9-22(23(17-19)31(33)34)29-10-12-35-13-11-29)30-26(24-7-3-15-37-24)21-6-1-4-18(25(21)28-30)16-20-5-2-14-36-20/h2-3,5,7-9,14-17,21,26H,1,4,6,10-13H2/b18-16-/t21-,26-/m1/s1. The number of benzene rings is 1. The van der Waals surface area contributed by atoms with Crippen molar-refractivity contribution in [1.29, 1.82) is 0 Å². The van der Waals surface area contributed by atoms with Gasteiger partial charge in [0.05, 0.1) is 29.9 Å². The van der Waals surface area contributed by atoms with E-state index < -0.39 is 4.92 Å². The number of anilines is 1. The maximum Gasteiger partial charge on any atom is 0.293 e. The quantitative estimate of drug-likeness (QED) is 0.296. The van der Waals surface area contributed by atoms with Crippen LogP contribution in [0.4, 0.5) is 11.4 Å². The number of thiophene rings is 2. The first-order valence-corrected chi connectivity index (χ1v) is 14.2. The van der Waals surface area contributed by atoms with Gasteiger partial charge in [-0.1, -0.05) is 12.1 Å². The lowest BCUT2D eigenvalue weighted by atomic mass is 9.79. The number of amides is 1. The van der Waals surface area contributed by atoms with Crippen molar-refractivity contribution < 1.29 is 14.5 Å². The number of nitro groups is 1. The number of carbonyl (C=O) groups is 1. The Kier molecular flexibility index (Phi) is 6.62. The van der Waals surface area contributed by atoms with E-state index in [1.165, 1.54) is 16.5 Å². The van der Waals surface area contributed by atoms with E-state index in [0.29, 0.717) is 32.0 Å². The van der Waals surface area contributed by atoms with E-state index in [9.17, 15) is 14.9 Å². The van der Waals surface area contributed by atoms with Crippen LogP contribution >= 0.6 is 22.7 Å². The average Bonchev–Trinajstić information content (AvgIpc) is 3.70. The lowest BCUT2D eigenvalue weighted by Gasteiger charge is -2.29. The highest BCUT2D eigenvalue weighted by Gasteiger charge is 2.44. The number of nitrogens with zero attached hydrogens (tertiary/aromatic N) is 4. The van der Waals surface area contributed by atoms with E-state index in [-0.39, 0.29) is 29.1 Å². The van der Waals surface area contributed by atoms with Crippen LogP contribution in [-0.2, 0) is 4.74 Å². The number of morpholine rings is 1. The molecule has 190 valence electrons. The van der Waals surface area contributed by atoms with Gasteiger partial charge in [-0.15, -0.1) is 22.7 Å². The number of fused-ring (bicyclic) bond motifs is 1. The molecule has 0 unspecified atom stereocenters. The second-order valence-corrected chi connectivity index (χ2v) is 11.3. The first kappa shape index (κ1) is 24.0. The van der Waals surface area contributed by atoms with Crippen LogP contribution in [-0.4, -0.2) is 47.9 Å². The fourth-order valence-corrected chi connectivity index (χ4v) is 7.01. The Hall–Kier alpha value is -3.34. The minimum absolute atomic E-state index is 0.0667. The maximum atomic E-state index is 13.9. The molecule has 3 aromatic rings. The summed E-state index contributed by atoms with van der Waals surface area (Å²) in [6.07, 6.45) is 5.09. The number of carbonyl (C=O) groups excluding carboxylic acids is 1. The maximum absolute atomic E-state index is 13.9. The third kappa shape index (κ3) is 4.60. The monoisotopic (exact) mass is 534 g/mol. The fourth-order valence-electron chi connectivity index (χ4n) is 5.46. The molecule has 0 radical (unpaired) electrons. The number of allylic oxidation sites excluding steroid dienone is 1. The van der Waals surface area contributed by atoms with Crippen LogP contribution in [0, 0.1) is 16.0 Å². The van der Waals surface area contributed by atoms with Crippen LogP contribution in [0.25, 0.3) is 6.08 Å². The summed E-state index contributed by atoms with van der Waals surface area (Å²) < 4.78 is 5.40. The second kappa shape index (κ2) is 10.2. The van der Waals surface area contributed by atoms with Crippen LogP contribution in [0.15, 0.2) is 63.9 Å². The third-order valence-corrected chi connectivity index (χ3v) is 8.94. The number of ether oxygens (including phenoxy) is 1. The van der Waals surface area contributed by atoms with Crippen molar-refractivity contribution in [3.05, 3.63) is 84.2 Å². The van der Waals surface area contributed by atoms with Gasteiger partial charge in [0.25, 0.3) is 11.6 Å². The molecule has 2 aliphatic heterocycles. The Balaban J connectivity index is 1.38. The second-order valence-electron chi connectivity index (χ2n) is 9.34. The van der Waals surface area contributed by atoms with Crippen molar-refractivity contribution >= 4 is 51.7 Å². The van der Waals surface area contributed by atoms with Gasteiger partial charge in [0.2, 0.25) is 0 Å². The molecule has 2 fully saturated rings. The van der Waals surface area contributed by atoms with Gasteiger partial charge < -0.3 is 9.64 Å². The first-order valence-electron chi connectivity index (χ1n) is 12.4. The Bertz CT molecular complexity index is 1360. The molecule has 1 saturated heterocycles. The Morgan fingerprint density at radius 2 is 1.95 bits per heavy atom. The predicted octanol–water partition coefficient (Wildman–Crippen LogP) is 5.99. The van der Waals surface area contributed by atoms with E-state index >= 15 is 0 Å². The van der Waals surface area contributed by atoms with Crippen molar-refractivity contribution in [1.82, 2.24) is 5.01 Å². The summed E-state index contributed by atoms with van der Waals surface area (Å²) in [4.78, 5) is 29.7. The van der Waals surface area contributed by atoms with Crippen molar-refractivity contribution in [2.24, 2.45) is 11.0 Å². The zero-order chi connectivity index (χ0) is 25.4. The van der Waals surface area contributed by atoms with Crippen molar-refractivity contribution in [3.63, 3.8) is 0 Å². The van der Waals surface area contributed by atoms with Gasteiger partial charge in [-0.2, -0.15) is 5.10 Å². The molecule has 1 amide bonds. The molecule has 0 bridgehead atoms. The summed E-state index contributed by atoms with van der Waals surface area (Å²) in [6, 6.07) is 12.7. The Morgan fingerprint density at radius 1 is 1.14 bits per heavy atom. The van der Waals surface area contributed by atoms with Crippen LogP contribution < -0.4 is 4.90 Å². The van der Waals surface area contributed by atoms with Gasteiger partial charge in [-0.25, -0.2) is 5.01 Å². The molecule has 3 aliphatic rings. The molecular weight excluding hydrogens is 508 g/mol. The van der Waals surface area contributed by atoms with Gasteiger partial charge in [-0.3, -0.25) is 14.9 Å². The molecule has 1 aromatic carbocycles. The molecule has 37 heavy (non-hydrogen) atoms. The van der Waals surface area contributed by atoms with Crippen molar-refractivity contribution in [2.75, 3.05) is 31.2 Å². The molecule has 8 nitrogen and oxygen atoms in total. The molecule has 2 atom stereocenters. The summed E-state index contributed by atoms with van der Waals surface area (Å²) in [5.74, 6) is -0.211. The van der Waals surface area contributed by atoms with Crippen LogP contribution in [0.3, 0.4) is 0 Å². The smallest absolute Gasteiger partial charge is 0.293 e. The van der Waals surface area contributed by atoms with Gasteiger partial charge in [0.15, 0.2) is 0 Å². The van der Waals surface area contributed by atoms with E-state index in [1.54, 1.807) is 39.8 Å². The summed E-state index contributed by atoms with van der Waals surface area (Å²) in [5.41, 5.74) is 2.86. The number of nitro benzene ring substituents is 1. The molecule has 10 heteroatoms. The summed E-state index contributed by atoms with van der Waals surface area (Å²) in [6.45, 7) is 2.20. The van der Waals surface area contributed by atoms with E-state index in [0.717, 1.165) is 29.9 Å². The largest absolute Gasteiger partial charge is 0.378 e. The van der Waals surface area contributed by atoms with E-state index in [1.807, 2.05) is 22.4 Å². The molecule has 6 rings (SSSR count). The molecule has 1 aliphatic carbocycles. The SMILES string of the molecule is O=C(c1ccc(N2CCOCC2)c([N+](=O)[O-])c1)N1N=C2/C(=C\c3cccs3)CCC[C@H]2[C@@H]1c1cccs1. The Labute approximate surface area is 222 Å². The fraction of sp³-hybridized carbons (Fsp3) is 0.333. The van der Waals surface area contributed by atoms with Crippen LogP contribution in [0.1, 0.15) is 45.4 Å². The number of hydrogen-bond acceptors (Lipinski definition) is 8. The summed E-state index contributed by atoms with van der Waals surface area (Å²) in [7, 11) is 0. The summed E-state index contributed by atoms with van der Waals surface area (Å²) in [5, 5.41) is 22.6. The minimum Gasteiger partial charge on any atom is -0.378 e. The van der Waals surface area contributed by atoms with Crippen molar-refractivity contribution in [3.8, 4) is 0 Å². The lowest BCUT2D eigenvalue weighted by molar-refractivity contribution is -0.384. The van der Waals surface area contributed by atoms with Crippen LogP contribution in [0.5, 0.6) is 0 Å². The molecular formula is C27H26N4O4S2. The number of hydrogen-bond donors (Lipinski definition) is 0. The number of rotatable bonds is 5. The van der Waals surface area contributed by atoms with Gasteiger partial charge in [0, 0.05) is 40.4 Å². The Morgan fingerprint density at radius 3 is 2.68 bits per heavy atom. The first-order chi connectivity index (χ1) is 18.1. The molecule has 0 spiro atoms. The molecule has 4 heterocycles. The highest BCUT2D eigenvalue weighted by molar-refractivity contribution is 7.11. The lowest BCUT2D eigenvalue weighted by Crippen LogP contribution is -2.36. The minimum atomic E-state index is -0.407. The summed E-state index contributed by atoms with van der Waals surface area (Å²) >= 11 is 3.30. The zero-order valence-electron chi connectivity index (χ0n) is 20.1. The number of hydrazone groups is 1.